The molecule has 154 valence electrons. The van der Waals surface area contributed by atoms with Crippen molar-refractivity contribution in [2.24, 2.45) is 11.8 Å². The number of imide groups is 1. The first-order chi connectivity index (χ1) is 13.3. The molecule has 0 heterocycles. The lowest BCUT2D eigenvalue weighted by molar-refractivity contribution is -0.154. The minimum absolute atomic E-state index is 0.0770. The van der Waals surface area contributed by atoms with Gasteiger partial charge < -0.3 is 9.84 Å². The Labute approximate surface area is 167 Å². The Morgan fingerprint density at radius 3 is 2.36 bits per heavy atom. The molecule has 1 aromatic carbocycles. The van der Waals surface area contributed by atoms with E-state index < -0.39 is 29.9 Å². The second-order valence-corrected chi connectivity index (χ2v) is 7.14. The van der Waals surface area contributed by atoms with Crippen molar-refractivity contribution in [3.05, 3.63) is 48.6 Å². The average molecular weight is 389 g/mol. The van der Waals surface area contributed by atoms with Crippen LogP contribution in [0.5, 0.6) is 0 Å². The van der Waals surface area contributed by atoms with Crippen LogP contribution in [0.25, 0.3) is 0 Å². The molecule has 1 aromatic rings. The molecule has 0 aliphatic carbocycles. The maximum Gasteiger partial charge on any atom is 0.414 e. The molecule has 0 bridgehead atoms. The molecule has 1 rings (SSSR count). The Bertz CT molecular complexity index is 656. The first-order valence-electron chi connectivity index (χ1n) is 9.69. The standard InChI is InChI=1S/C22H31NO5/c1-5-7-13-18(14-16(3)4)20(24)23(22(26)27)19(21(25)28-6-2)15-17-11-9-8-10-12-17/h5,8-12,16,18-19H,1,6-7,13-15H2,2-4H3,(H,26,27)/t18?,19-/m0/s1. The fourth-order valence-corrected chi connectivity index (χ4v) is 3.16. The summed E-state index contributed by atoms with van der Waals surface area (Å²) in [5.41, 5.74) is 0.756. The van der Waals surface area contributed by atoms with Gasteiger partial charge in [-0.3, -0.25) is 4.79 Å². The molecule has 0 aromatic heterocycles. The monoisotopic (exact) mass is 389 g/mol. The van der Waals surface area contributed by atoms with Crippen LogP contribution in [0.4, 0.5) is 4.79 Å². The summed E-state index contributed by atoms with van der Waals surface area (Å²) in [6, 6.07) is 7.80. The molecule has 0 aliphatic heterocycles. The van der Waals surface area contributed by atoms with Crippen molar-refractivity contribution >= 4 is 18.0 Å². The smallest absolute Gasteiger partial charge is 0.414 e. The molecule has 0 saturated heterocycles. The van der Waals surface area contributed by atoms with E-state index in [1.54, 1.807) is 37.3 Å². The zero-order chi connectivity index (χ0) is 21.1. The van der Waals surface area contributed by atoms with E-state index in [1.807, 2.05) is 19.9 Å². The number of nitrogens with zero attached hydrogens (tertiary/aromatic N) is 1. The molecule has 28 heavy (non-hydrogen) atoms. The number of esters is 1. The number of allylic oxidation sites excluding steroid dienone is 1. The van der Waals surface area contributed by atoms with Crippen molar-refractivity contribution in [2.45, 2.75) is 52.5 Å². The highest BCUT2D eigenvalue weighted by Gasteiger charge is 2.39. The summed E-state index contributed by atoms with van der Waals surface area (Å²) >= 11 is 0. The fraction of sp³-hybridized carbons (Fsp3) is 0.500. The third-order valence-electron chi connectivity index (χ3n) is 4.41. The summed E-state index contributed by atoms with van der Waals surface area (Å²) in [5, 5.41) is 9.79. The Balaban J connectivity index is 3.23. The quantitative estimate of drug-likeness (QED) is 0.451. The summed E-state index contributed by atoms with van der Waals surface area (Å²) in [6.07, 6.45) is 1.97. The average Bonchev–Trinajstić information content (AvgIpc) is 2.64. The normalized spacial score (nSPS) is 12.9. The van der Waals surface area contributed by atoms with Gasteiger partial charge in [0.2, 0.25) is 5.91 Å². The highest BCUT2D eigenvalue weighted by Crippen LogP contribution is 2.23. The zero-order valence-corrected chi connectivity index (χ0v) is 17.0. The molecular weight excluding hydrogens is 358 g/mol. The lowest BCUT2D eigenvalue weighted by Gasteiger charge is -2.30. The van der Waals surface area contributed by atoms with Crippen molar-refractivity contribution in [1.29, 1.82) is 0 Å². The van der Waals surface area contributed by atoms with Crippen molar-refractivity contribution in [2.75, 3.05) is 6.61 Å². The molecule has 0 saturated carbocycles. The number of benzene rings is 1. The number of carboxylic acid groups (broad SMARTS) is 1. The van der Waals surface area contributed by atoms with E-state index in [0.29, 0.717) is 24.2 Å². The summed E-state index contributed by atoms with van der Waals surface area (Å²) in [4.78, 5) is 38.4. The highest BCUT2D eigenvalue weighted by atomic mass is 16.5. The third-order valence-corrected chi connectivity index (χ3v) is 4.41. The van der Waals surface area contributed by atoms with Gasteiger partial charge in [-0.05, 0) is 37.7 Å². The molecule has 6 nitrogen and oxygen atoms in total. The van der Waals surface area contributed by atoms with Crippen molar-refractivity contribution in [1.82, 2.24) is 4.90 Å². The Kier molecular flexibility index (Phi) is 9.99. The fourth-order valence-electron chi connectivity index (χ4n) is 3.16. The second kappa shape index (κ2) is 12.0. The Hall–Kier alpha value is -2.63. The summed E-state index contributed by atoms with van der Waals surface area (Å²) in [7, 11) is 0. The Morgan fingerprint density at radius 2 is 1.86 bits per heavy atom. The number of rotatable bonds is 11. The van der Waals surface area contributed by atoms with E-state index in [9.17, 15) is 19.5 Å². The van der Waals surface area contributed by atoms with Gasteiger partial charge in [0.25, 0.3) is 0 Å². The molecule has 0 fully saturated rings. The summed E-state index contributed by atoms with van der Waals surface area (Å²) in [5.74, 6) is -1.56. The minimum atomic E-state index is -1.44. The van der Waals surface area contributed by atoms with E-state index in [2.05, 4.69) is 6.58 Å². The van der Waals surface area contributed by atoms with Crippen LogP contribution >= 0.6 is 0 Å². The van der Waals surface area contributed by atoms with Crippen molar-refractivity contribution in [3.63, 3.8) is 0 Å². The topological polar surface area (TPSA) is 83.9 Å². The lowest BCUT2D eigenvalue weighted by atomic mass is 9.90. The minimum Gasteiger partial charge on any atom is -0.465 e. The SMILES string of the molecule is C=CCCC(CC(C)C)C(=O)N(C(=O)O)[C@@H](Cc1ccccc1)C(=O)OCC. The number of ether oxygens (including phenoxy) is 1. The van der Waals surface area contributed by atoms with E-state index in [1.165, 1.54) is 0 Å². The van der Waals surface area contributed by atoms with Crippen LogP contribution in [0.15, 0.2) is 43.0 Å². The van der Waals surface area contributed by atoms with Crippen LogP contribution in [-0.2, 0) is 20.7 Å². The van der Waals surface area contributed by atoms with Crippen molar-refractivity contribution in [3.8, 4) is 0 Å². The molecule has 2 amide bonds. The van der Waals surface area contributed by atoms with Crippen LogP contribution in [0.1, 0.15) is 45.6 Å². The van der Waals surface area contributed by atoms with Gasteiger partial charge in [0, 0.05) is 12.3 Å². The highest BCUT2D eigenvalue weighted by molar-refractivity contribution is 5.97. The molecule has 0 spiro atoms. The van der Waals surface area contributed by atoms with Gasteiger partial charge in [0.05, 0.1) is 6.61 Å². The molecule has 1 unspecified atom stereocenters. The second-order valence-electron chi connectivity index (χ2n) is 7.14. The van der Waals surface area contributed by atoms with E-state index >= 15 is 0 Å². The van der Waals surface area contributed by atoms with Gasteiger partial charge in [0.1, 0.15) is 6.04 Å². The largest absolute Gasteiger partial charge is 0.465 e. The van der Waals surface area contributed by atoms with Gasteiger partial charge in [-0.1, -0.05) is 50.3 Å². The Morgan fingerprint density at radius 1 is 1.21 bits per heavy atom. The molecule has 0 radical (unpaired) electrons. The first-order valence-corrected chi connectivity index (χ1v) is 9.69. The third kappa shape index (κ3) is 7.18. The van der Waals surface area contributed by atoms with Crippen LogP contribution < -0.4 is 0 Å². The van der Waals surface area contributed by atoms with Gasteiger partial charge in [-0.15, -0.1) is 6.58 Å². The van der Waals surface area contributed by atoms with Gasteiger partial charge in [-0.25, -0.2) is 14.5 Å². The van der Waals surface area contributed by atoms with E-state index in [4.69, 9.17) is 4.74 Å². The van der Waals surface area contributed by atoms with Gasteiger partial charge in [0.15, 0.2) is 0 Å². The van der Waals surface area contributed by atoms with Crippen molar-refractivity contribution < 1.29 is 24.2 Å². The molecule has 1 N–H and O–H groups in total. The number of amides is 2. The van der Waals surface area contributed by atoms with Gasteiger partial charge in [-0.2, -0.15) is 0 Å². The molecule has 0 aliphatic rings. The number of hydrogen-bond donors (Lipinski definition) is 1. The van der Waals surface area contributed by atoms with Gasteiger partial charge >= 0.3 is 12.1 Å². The summed E-state index contributed by atoms with van der Waals surface area (Å²) in [6.45, 7) is 9.39. The maximum atomic E-state index is 13.2. The molecule has 2 atom stereocenters. The first kappa shape index (κ1) is 23.4. The number of carbonyl (C=O) groups is 3. The van der Waals surface area contributed by atoms with E-state index in [-0.39, 0.29) is 18.9 Å². The molecule has 6 heteroatoms. The summed E-state index contributed by atoms with van der Waals surface area (Å²) < 4.78 is 5.09. The molecular formula is C22H31NO5. The number of hydrogen-bond acceptors (Lipinski definition) is 4. The predicted molar refractivity (Wildman–Crippen MR) is 108 cm³/mol. The van der Waals surface area contributed by atoms with E-state index in [0.717, 1.165) is 5.56 Å². The van der Waals surface area contributed by atoms with Crippen LogP contribution in [0, 0.1) is 11.8 Å². The van der Waals surface area contributed by atoms with Crippen LogP contribution in [0.2, 0.25) is 0 Å². The zero-order valence-electron chi connectivity index (χ0n) is 17.0. The lowest BCUT2D eigenvalue weighted by Crippen LogP contribution is -2.52. The maximum absolute atomic E-state index is 13.2. The van der Waals surface area contributed by atoms with Crippen LogP contribution in [-0.4, -0.2) is 40.6 Å². The number of carbonyl (C=O) groups excluding carboxylic acids is 2. The van der Waals surface area contributed by atoms with Crippen LogP contribution in [0.3, 0.4) is 0 Å². The predicted octanol–water partition coefficient (Wildman–Crippen LogP) is 4.30.